The van der Waals surface area contributed by atoms with Crippen molar-refractivity contribution in [2.24, 2.45) is 0 Å². The van der Waals surface area contributed by atoms with Gasteiger partial charge in [0.25, 0.3) is 0 Å². The number of rotatable bonds is 4. The van der Waals surface area contributed by atoms with Crippen LogP contribution in [0.25, 0.3) is 0 Å². The molecule has 5 heteroatoms. The highest BCUT2D eigenvalue weighted by Crippen LogP contribution is 2.20. The van der Waals surface area contributed by atoms with Gasteiger partial charge in [-0.2, -0.15) is 0 Å². The van der Waals surface area contributed by atoms with Crippen LogP contribution in [-0.2, 0) is 6.61 Å². The zero-order chi connectivity index (χ0) is 14.7. The van der Waals surface area contributed by atoms with Crippen molar-refractivity contribution in [1.82, 2.24) is 0 Å². The summed E-state index contributed by atoms with van der Waals surface area (Å²) in [7, 11) is 0. The minimum Gasteiger partial charge on any atom is -0.486 e. The summed E-state index contributed by atoms with van der Waals surface area (Å²) >= 11 is 0. The lowest BCUT2D eigenvalue weighted by Gasteiger charge is -2.09. The van der Waals surface area contributed by atoms with Crippen LogP contribution in [-0.4, -0.2) is 11.1 Å². The van der Waals surface area contributed by atoms with Crippen molar-refractivity contribution in [2.45, 2.75) is 13.5 Å². The largest absolute Gasteiger partial charge is 0.486 e. The summed E-state index contributed by atoms with van der Waals surface area (Å²) in [4.78, 5) is 10.8. The first-order valence-corrected chi connectivity index (χ1v) is 5.88. The number of ether oxygens (including phenoxy) is 1. The lowest BCUT2D eigenvalue weighted by molar-refractivity contribution is 0.0696. The second kappa shape index (κ2) is 5.69. The Morgan fingerprint density at radius 3 is 2.55 bits per heavy atom. The van der Waals surface area contributed by atoms with Gasteiger partial charge in [0.05, 0.1) is 5.56 Å². The third-order valence-corrected chi connectivity index (χ3v) is 2.76. The number of benzene rings is 2. The molecule has 0 aliphatic carbocycles. The number of aryl methyl sites for hydroxylation is 1. The molecule has 2 aromatic carbocycles. The van der Waals surface area contributed by atoms with Gasteiger partial charge in [-0.05, 0) is 42.8 Å². The number of carboxylic acid groups (broad SMARTS) is 1. The molecule has 104 valence electrons. The summed E-state index contributed by atoms with van der Waals surface area (Å²) in [5.41, 5.74) is 0.821. The van der Waals surface area contributed by atoms with Gasteiger partial charge in [0.2, 0.25) is 0 Å². The summed E-state index contributed by atoms with van der Waals surface area (Å²) < 4.78 is 32.2. The molecule has 0 atom stereocenters. The molecule has 0 fully saturated rings. The van der Waals surface area contributed by atoms with Crippen LogP contribution in [0.4, 0.5) is 8.78 Å². The van der Waals surface area contributed by atoms with Gasteiger partial charge in [0.1, 0.15) is 12.4 Å². The van der Waals surface area contributed by atoms with Crippen LogP contribution in [0, 0.1) is 18.6 Å². The average molecular weight is 278 g/mol. The molecule has 0 saturated heterocycles. The summed E-state index contributed by atoms with van der Waals surface area (Å²) in [6.07, 6.45) is 0. The highest BCUT2D eigenvalue weighted by Gasteiger charge is 2.10. The fourth-order valence-corrected chi connectivity index (χ4v) is 1.70. The van der Waals surface area contributed by atoms with Crippen LogP contribution in [0.2, 0.25) is 0 Å². The molecule has 20 heavy (non-hydrogen) atoms. The molecular weight excluding hydrogens is 266 g/mol. The molecule has 0 aliphatic heterocycles. The Hall–Kier alpha value is -2.43. The summed E-state index contributed by atoms with van der Waals surface area (Å²) in [6, 6.07) is 7.73. The molecule has 0 radical (unpaired) electrons. The smallest absolute Gasteiger partial charge is 0.335 e. The lowest BCUT2D eigenvalue weighted by Crippen LogP contribution is -2.04. The zero-order valence-corrected chi connectivity index (χ0v) is 10.7. The van der Waals surface area contributed by atoms with Gasteiger partial charge in [0, 0.05) is 5.56 Å². The maximum Gasteiger partial charge on any atom is 0.335 e. The molecule has 1 N–H and O–H groups in total. The third-order valence-electron chi connectivity index (χ3n) is 2.76. The highest BCUT2D eigenvalue weighted by molar-refractivity contribution is 5.87. The molecule has 2 aromatic rings. The zero-order valence-electron chi connectivity index (χ0n) is 10.7. The number of aromatic carboxylic acids is 1. The van der Waals surface area contributed by atoms with Gasteiger partial charge < -0.3 is 9.84 Å². The Balaban J connectivity index is 2.20. The lowest BCUT2D eigenvalue weighted by atomic mass is 10.1. The molecule has 0 aliphatic rings. The molecule has 0 aromatic heterocycles. The molecule has 0 spiro atoms. The Bertz CT molecular complexity index is 654. The first-order valence-electron chi connectivity index (χ1n) is 5.88. The predicted molar refractivity (Wildman–Crippen MR) is 68.8 cm³/mol. The minimum atomic E-state index is -1.16. The first kappa shape index (κ1) is 14.0. The number of carboxylic acids is 1. The maximum atomic E-state index is 13.5. The van der Waals surface area contributed by atoms with Crippen molar-refractivity contribution in [3.05, 3.63) is 64.7 Å². The molecule has 0 saturated carbocycles. The van der Waals surface area contributed by atoms with Crippen LogP contribution in [0.15, 0.2) is 36.4 Å². The molecule has 2 rings (SSSR count). The van der Waals surface area contributed by atoms with Gasteiger partial charge in [-0.15, -0.1) is 0 Å². The van der Waals surface area contributed by atoms with Crippen LogP contribution < -0.4 is 4.74 Å². The fourth-order valence-electron chi connectivity index (χ4n) is 1.70. The number of halogens is 2. The summed E-state index contributed by atoms with van der Waals surface area (Å²) in [6.45, 7) is 1.53. The van der Waals surface area contributed by atoms with E-state index in [1.54, 1.807) is 13.0 Å². The average Bonchev–Trinajstić information content (AvgIpc) is 2.41. The van der Waals surface area contributed by atoms with E-state index < -0.39 is 17.6 Å². The van der Waals surface area contributed by atoms with Crippen molar-refractivity contribution in [2.75, 3.05) is 0 Å². The number of hydrogen-bond acceptors (Lipinski definition) is 2. The van der Waals surface area contributed by atoms with Crippen molar-refractivity contribution in [3.8, 4) is 5.75 Å². The van der Waals surface area contributed by atoms with Crippen LogP contribution in [0.5, 0.6) is 5.75 Å². The first-order chi connectivity index (χ1) is 9.47. The quantitative estimate of drug-likeness (QED) is 0.930. The Labute approximate surface area is 114 Å². The molecule has 0 bridgehead atoms. The van der Waals surface area contributed by atoms with E-state index in [4.69, 9.17) is 9.84 Å². The van der Waals surface area contributed by atoms with E-state index in [0.717, 1.165) is 17.7 Å². The van der Waals surface area contributed by atoms with E-state index in [-0.39, 0.29) is 23.5 Å². The standard InChI is InChI=1S/C15H12F2O3/c1-9-2-4-13(17)14(6-9)20-8-11-7-10(15(18)19)3-5-12(11)16/h2-7H,8H2,1H3,(H,18,19). The fraction of sp³-hybridized carbons (Fsp3) is 0.133. The van der Waals surface area contributed by atoms with Gasteiger partial charge in [-0.25, -0.2) is 13.6 Å². The van der Waals surface area contributed by atoms with E-state index in [2.05, 4.69) is 0 Å². The van der Waals surface area contributed by atoms with Crippen LogP contribution >= 0.6 is 0 Å². The second-order valence-electron chi connectivity index (χ2n) is 4.33. The molecule has 0 unspecified atom stereocenters. The van der Waals surface area contributed by atoms with Gasteiger partial charge in [-0.1, -0.05) is 6.07 Å². The van der Waals surface area contributed by atoms with Crippen molar-refractivity contribution in [1.29, 1.82) is 0 Å². The molecular formula is C15H12F2O3. The predicted octanol–water partition coefficient (Wildman–Crippen LogP) is 3.55. The van der Waals surface area contributed by atoms with E-state index in [1.807, 2.05) is 0 Å². The van der Waals surface area contributed by atoms with Gasteiger partial charge >= 0.3 is 5.97 Å². The Kier molecular flexibility index (Phi) is 3.98. The SMILES string of the molecule is Cc1ccc(F)c(OCc2cc(C(=O)O)ccc2F)c1. The molecule has 3 nitrogen and oxygen atoms in total. The second-order valence-corrected chi connectivity index (χ2v) is 4.33. The highest BCUT2D eigenvalue weighted by atomic mass is 19.1. The topological polar surface area (TPSA) is 46.5 Å². The van der Waals surface area contributed by atoms with E-state index in [0.29, 0.717) is 0 Å². The van der Waals surface area contributed by atoms with Crippen LogP contribution in [0.1, 0.15) is 21.5 Å². The Morgan fingerprint density at radius 2 is 1.85 bits per heavy atom. The Morgan fingerprint density at radius 1 is 1.15 bits per heavy atom. The summed E-state index contributed by atoms with van der Waals surface area (Å²) in [5, 5.41) is 8.84. The van der Waals surface area contributed by atoms with Crippen LogP contribution in [0.3, 0.4) is 0 Å². The van der Waals surface area contributed by atoms with Crippen molar-refractivity contribution < 1.29 is 23.4 Å². The monoisotopic (exact) mass is 278 g/mol. The van der Waals surface area contributed by atoms with Gasteiger partial charge in [-0.3, -0.25) is 0 Å². The number of carbonyl (C=O) groups is 1. The maximum absolute atomic E-state index is 13.5. The molecule has 0 heterocycles. The van der Waals surface area contributed by atoms with Gasteiger partial charge in [0.15, 0.2) is 11.6 Å². The van der Waals surface area contributed by atoms with Crippen molar-refractivity contribution >= 4 is 5.97 Å². The minimum absolute atomic E-state index is 0.00475. The van der Waals surface area contributed by atoms with Crippen molar-refractivity contribution in [3.63, 3.8) is 0 Å². The van der Waals surface area contributed by atoms with E-state index in [1.165, 1.54) is 18.2 Å². The number of hydrogen-bond donors (Lipinski definition) is 1. The van der Waals surface area contributed by atoms with E-state index in [9.17, 15) is 13.6 Å². The molecule has 0 amide bonds. The van der Waals surface area contributed by atoms with E-state index >= 15 is 0 Å². The summed E-state index contributed by atoms with van der Waals surface area (Å²) in [5.74, 6) is -2.30. The normalized spacial score (nSPS) is 10.3. The third kappa shape index (κ3) is 3.12.